The SMILES string of the molecule is CCc1cc(N2CCN(Cc3ccc(F)cc3)C(=O)C2)c2nncn2n1. The Bertz CT molecular complexity index is 939. The van der Waals surface area contributed by atoms with Gasteiger partial charge in [-0.05, 0) is 30.2 Å². The number of benzene rings is 1. The molecule has 1 aromatic carbocycles. The molecule has 0 aliphatic carbocycles. The van der Waals surface area contributed by atoms with Crippen molar-refractivity contribution in [2.45, 2.75) is 19.9 Å². The Morgan fingerprint density at radius 3 is 2.73 bits per heavy atom. The van der Waals surface area contributed by atoms with Crippen LogP contribution in [0.1, 0.15) is 18.2 Å². The van der Waals surface area contributed by atoms with E-state index in [1.165, 1.54) is 12.1 Å². The molecule has 0 saturated carbocycles. The van der Waals surface area contributed by atoms with Crippen molar-refractivity contribution in [3.05, 3.63) is 53.7 Å². The molecule has 1 aliphatic heterocycles. The van der Waals surface area contributed by atoms with Gasteiger partial charge in [0.1, 0.15) is 12.1 Å². The van der Waals surface area contributed by atoms with Crippen LogP contribution in [-0.4, -0.2) is 50.3 Å². The molecule has 26 heavy (non-hydrogen) atoms. The second-order valence-corrected chi connectivity index (χ2v) is 6.34. The summed E-state index contributed by atoms with van der Waals surface area (Å²) in [5, 5.41) is 12.5. The summed E-state index contributed by atoms with van der Waals surface area (Å²) in [6.45, 7) is 4.09. The minimum atomic E-state index is -0.272. The standard InChI is InChI=1S/C18H19FN6O/c1-2-15-9-16(18-21-20-12-25(18)22-15)23-7-8-24(17(26)11-23)10-13-3-5-14(19)6-4-13/h3-6,9,12H,2,7-8,10-11H2,1H3. The monoisotopic (exact) mass is 354 g/mol. The molecule has 2 aromatic heterocycles. The average Bonchev–Trinajstić information content (AvgIpc) is 3.13. The lowest BCUT2D eigenvalue weighted by Gasteiger charge is -2.35. The Morgan fingerprint density at radius 2 is 2.00 bits per heavy atom. The van der Waals surface area contributed by atoms with Crippen LogP contribution in [0.15, 0.2) is 36.7 Å². The zero-order chi connectivity index (χ0) is 18.1. The fraction of sp³-hybridized carbons (Fsp3) is 0.333. The molecule has 1 fully saturated rings. The van der Waals surface area contributed by atoms with Crippen molar-refractivity contribution < 1.29 is 9.18 Å². The number of fused-ring (bicyclic) bond motifs is 1. The van der Waals surface area contributed by atoms with Crippen molar-refractivity contribution in [2.75, 3.05) is 24.5 Å². The van der Waals surface area contributed by atoms with E-state index in [9.17, 15) is 9.18 Å². The molecule has 0 N–H and O–H groups in total. The lowest BCUT2D eigenvalue weighted by atomic mass is 10.2. The molecule has 0 bridgehead atoms. The van der Waals surface area contributed by atoms with Gasteiger partial charge < -0.3 is 9.80 Å². The third-order valence-electron chi connectivity index (χ3n) is 4.61. The highest BCUT2D eigenvalue weighted by atomic mass is 19.1. The minimum Gasteiger partial charge on any atom is -0.357 e. The maximum Gasteiger partial charge on any atom is 0.242 e. The number of halogens is 1. The van der Waals surface area contributed by atoms with Gasteiger partial charge in [0, 0.05) is 19.6 Å². The number of aryl methyl sites for hydroxylation is 1. The predicted molar refractivity (Wildman–Crippen MR) is 94.2 cm³/mol. The second-order valence-electron chi connectivity index (χ2n) is 6.34. The van der Waals surface area contributed by atoms with Crippen molar-refractivity contribution in [3.63, 3.8) is 0 Å². The Balaban J connectivity index is 1.53. The summed E-state index contributed by atoms with van der Waals surface area (Å²) in [6.07, 6.45) is 2.37. The molecule has 3 aromatic rings. The first-order chi connectivity index (χ1) is 12.6. The van der Waals surface area contributed by atoms with Crippen molar-refractivity contribution in [3.8, 4) is 0 Å². The first kappa shape index (κ1) is 16.4. The van der Waals surface area contributed by atoms with Crippen LogP contribution in [0.2, 0.25) is 0 Å². The molecule has 0 atom stereocenters. The van der Waals surface area contributed by atoms with Crippen LogP contribution in [0.5, 0.6) is 0 Å². The number of carbonyl (C=O) groups excluding carboxylic acids is 1. The highest BCUT2D eigenvalue weighted by Crippen LogP contribution is 2.23. The van der Waals surface area contributed by atoms with E-state index in [1.807, 2.05) is 17.9 Å². The number of anilines is 1. The quantitative estimate of drug-likeness (QED) is 0.713. The van der Waals surface area contributed by atoms with Crippen molar-refractivity contribution in [1.29, 1.82) is 0 Å². The number of rotatable bonds is 4. The minimum absolute atomic E-state index is 0.0353. The third-order valence-corrected chi connectivity index (χ3v) is 4.61. The summed E-state index contributed by atoms with van der Waals surface area (Å²) in [5.74, 6) is -0.236. The molecule has 1 aliphatic rings. The zero-order valence-corrected chi connectivity index (χ0v) is 14.5. The molecular formula is C18H19FN6O. The smallest absolute Gasteiger partial charge is 0.242 e. The van der Waals surface area contributed by atoms with Gasteiger partial charge >= 0.3 is 0 Å². The molecular weight excluding hydrogens is 335 g/mol. The van der Waals surface area contributed by atoms with Gasteiger partial charge in [-0.2, -0.15) is 9.61 Å². The van der Waals surface area contributed by atoms with E-state index in [0.717, 1.165) is 23.4 Å². The van der Waals surface area contributed by atoms with Gasteiger partial charge in [0.2, 0.25) is 11.6 Å². The summed E-state index contributed by atoms with van der Waals surface area (Å²) in [4.78, 5) is 16.5. The maximum atomic E-state index is 13.0. The highest BCUT2D eigenvalue weighted by molar-refractivity contribution is 5.84. The van der Waals surface area contributed by atoms with Crippen LogP contribution in [0.4, 0.5) is 10.1 Å². The first-order valence-electron chi connectivity index (χ1n) is 8.61. The Labute approximate surface area is 150 Å². The van der Waals surface area contributed by atoms with Crippen molar-refractivity contribution in [2.24, 2.45) is 0 Å². The lowest BCUT2D eigenvalue weighted by molar-refractivity contribution is -0.131. The van der Waals surface area contributed by atoms with Crippen LogP contribution in [0, 0.1) is 5.82 Å². The van der Waals surface area contributed by atoms with Crippen LogP contribution in [0.25, 0.3) is 5.65 Å². The van der Waals surface area contributed by atoms with Gasteiger partial charge in [0.05, 0.1) is 17.9 Å². The molecule has 7 nitrogen and oxygen atoms in total. The summed E-state index contributed by atoms with van der Waals surface area (Å²) in [5.41, 5.74) is 3.38. The molecule has 1 amide bonds. The van der Waals surface area contributed by atoms with Gasteiger partial charge in [-0.3, -0.25) is 4.79 Å². The number of aromatic nitrogens is 4. The molecule has 1 saturated heterocycles. The van der Waals surface area contributed by atoms with E-state index in [-0.39, 0.29) is 18.3 Å². The topological polar surface area (TPSA) is 66.6 Å². The van der Waals surface area contributed by atoms with E-state index in [2.05, 4.69) is 15.3 Å². The van der Waals surface area contributed by atoms with E-state index in [1.54, 1.807) is 27.9 Å². The molecule has 0 radical (unpaired) electrons. The third kappa shape index (κ3) is 3.10. The van der Waals surface area contributed by atoms with Gasteiger partial charge in [-0.15, -0.1) is 10.2 Å². The van der Waals surface area contributed by atoms with Crippen LogP contribution in [-0.2, 0) is 17.8 Å². The number of carbonyl (C=O) groups is 1. The molecule has 3 heterocycles. The van der Waals surface area contributed by atoms with E-state index < -0.39 is 0 Å². The van der Waals surface area contributed by atoms with Gasteiger partial charge in [-0.1, -0.05) is 19.1 Å². The average molecular weight is 354 g/mol. The van der Waals surface area contributed by atoms with Crippen molar-refractivity contribution in [1.82, 2.24) is 24.7 Å². The molecule has 8 heteroatoms. The fourth-order valence-corrected chi connectivity index (χ4v) is 3.16. The fourth-order valence-electron chi connectivity index (χ4n) is 3.16. The number of hydrogen-bond acceptors (Lipinski definition) is 5. The first-order valence-corrected chi connectivity index (χ1v) is 8.61. The molecule has 0 spiro atoms. The van der Waals surface area contributed by atoms with Crippen molar-refractivity contribution >= 4 is 17.2 Å². The summed E-state index contributed by atoms with van der Waals surface area (Å²) >= 11 is 0. The van der Waals surface area contributed by atoms with Gasteiger partial charge in [0.25, 0.3) is 0 Å². The second kappa shape index (κ2) is 6.70. The molecule has 0 unspecified atom stereocenters. The van der Waals surface area contributed by atoms with Gasteiger partial charge in [-0.25, -0.2) is 4.39 Å². The number of amides is 1. The van der Waals surface area contributed by atoms with Crippen LogP contribution >= 0.6 is 0 Å². The van der Waals surface area contributed by atoms with E-state index in [4.69, 9.17) is 0 Å². The molecule has 134 valence electrons. The summed E-state index contributed by atoms with van der Waals surface area (Å²) in [6, 6.07) is 8.24. The molecule has 4 rings (SSSR count). The predicted octanol–water partition coefficient (Wildman–Crippen LogP) is 1.67. The van der Waals surface area contributed by atoms with Gasteiger partial charge in [0.15, 0.2) is 0 Å². The Kier molecular flexibility index (Phi) is 4.24. The lowest BCUT2D eigenvalue weighted by Crippen LogP contribution is -2.50. The Hall–Kier alpha value is -3.03. The van der Waals surface area contributed by atoms with Crippen LogP contribution < -0.4 is 4.90 Å². The normalized spacial score (nSPS) is 15.1. The maximum absolute atomic E-state index is 13.0. The van der Waals surface area contributed by atoms with E-state index in [0.29, 0.717) is 25.3 Å². The highest BCUT2D eigenvalue weighted by Gasteiger charge is 2.26. The number of piperazine rings is 1. The number of hydrogen-bond donors (Lipinski definition) is 0. The van der Waals surface area contributed by atoms with Crippen LogP contribution in [0.3, 0.4) is 0 Å². The zero-order valence-electron chi connectivity index (χ0n) is 14.5. The largest absolute Gasteiger partial charge is 0.357 e. The Morgan fingerprint density at radius 1 is 1.19 bits per heavy atom. The number of nitrogens with zero attached hydrogens (tertiary/aromatic N) is 6. The van der Waals surface area contributed by atoms with E-state index >= 15 is 0 Å². The summed E-state index contributed by atoms with van der Waals surface area (Å²) < 4.78 is 14.7. The summed E-state index contributed by atoms with van der Waals surface area (Å²) in [7, 11) is 0.